The van der Waals surface area contributed by atoms with Gasteiger partial charge in [0.15, 0.2) is 0 Å². The third-order valence-corrected chi connectivity index (χ3v) is 8.06. The minimum atomic E-state index is 0. The van der Waals surface area contributed by atoms with Crippen molar-refractivity contribution in [3.63, 3.8) is 0 Å². The maximum absolute atomic E-state index is 6.56. The first-order valence-corrected chi connectivity index (χ1v) is 10.7. The molecule has 5 atom stereocenters. The smallest absolute Gasteiger partial charge is 0.116 e. The Hall–Kier alpha value is -0.380. The molecule has 1 saturated carbocycles. The van der Waals surface area contributed by atoms with Gasteiger partial charge in [0.25, 0.3) is 0 Å². The molecule has 0 N–H and O–H groups in total. The lowest BCUT2D eigenvalue weighted by atomic mass is 9.83. The van der Waals surface area contributed by atoms with Crippen molar-refractivity contribution in [2.45, 2.75) is 77.0 Å². The second-order valence-corrected chi connectivity index (χ2v) is 9.07. The summed E-state index contributed by atoms with van der Waals surface area (Å²) in [5.41, 5.74) is 1.83. The maximum Gasteiger partial charge on any atom is 0.116 e. The van der Waals surface area contributed by atoms with Crippen LogP contribution >= 0.6 is 0 Å². The molecular weight excluding hydrogens is 386 g/mol. The number of ether oxygens (including phenoxy) is 1. The van der Waals surface area contributed by atoms with E-state index in [2.05, 4.69) is 44.2 Å². The van der Waals surface area contributed by atoms with Gasteiger partial charge in [-0.3, -0.25) is 0 Å². The van der Waals surface area contributed by atoms with Crippen LogP contribution in [-0.4, -0.2) is 35.8 Å². The van der Waals surface area contributed by atoms with Crippen molar-refractivity contribution in [2.75, 3.05) is 19.6 Å². The van der Waals surface area contributed by atoms with E-state index in [9.17, 15) is 0 Å². The van der Waals surface area contributed by atoms with Gasteiger partial charge in [0, 0.05) is 18.3 Å². The number of nitrogens with zero attached hydrogens (tertiary/aromatic N) is 1. The number of unbranched alkanes of at least 4 members (excludes halogenated alkanes) is 3. The van der Waals surface area contributed by atoms with Gasteiger partial charge in [-0.15, -0.1) is 0 Å². The minimum Gasteiger partial charge on any atom is -1.00 e. The van der Waals surface area contributed by atoms with E-state index in [0.717, 1.165) is 18.4 Å². The van der Waals surface area contributed by atoms with Crippen LogP contribution in [0.5, 0.6) is 0 Å². The van der Waals surface area contributed by atoms with Crippen LogP contribution in [0.2, 0.25) is 0 Å². The average Bonchev–Trinajstić information content (AvgIpc) is 3.20. The third-order valence-electron chi connectivity index (χ3n) is 8.06. The zero-order valence-electron chi connectivity index (χ0n) is 16.6. The molecule has 1 aromatic carbocycles. The van der Waals surface area contributed by atoms with Crippen molar-refractivity contribution in [1.82, 2.24) is 0 Å². The topological polar surface area (TPSA) is 9.23 Å². The lowest BCUT2D eigenvalue weighted by Crippen LogP contribution is -3.00. The molecule has 0 spiro atoms. The molecule has 0 radical (unpaired) electrons. The van der Waals surface area contributed by atoms with Gasteiger partial charge in [0.1, 0.15) is 18.2 Å². The standard InChI is InChI=1S/C23H36NO.BrH/c1-3-4-5-9-15-24-16-14-20-12-13-21(23(20,24)2)22(17-24)25-18-19-10-7-6-8-11-19;/h6-8,10-11,20-22H,3-5,9,12-18H2,1-2H3;1H/q+1;/p-1/t20-,21+,22-,23+,24-;/m0./s1. The average molecular weight is 422 g/mol. The molecule has 26 heavy (non-hydrogen) atoms. The van der Waals surface area contributed by atoms with Crippen molar-refractivity contribution in [2.24, 2.45) is 11.8 Å². The van der Waals surface area contributed by atoms with Gasteiger partial charge < -0.3 is 26.2 Å². The van der Waals surface area contributed by atoms with E-state index < -0.39 is 0 Å². The summed E-state index contributed by atoms with van der Waals surface area (Å²) >= 11 is 0. The number of benzene rings is 1. The van der Waals surface area contributed by atoms with E-state index in [4.69, 9.17) is 4.74 Å². The zero-order chi connectivity index (χ0) is 17.3. The Labute approximate surface area is 170 Å². The molecule has 3 heteroatoms. The Kier molecular flexibility index (Phi) is 6.52. The Morgan fingerprint density at radius 2 is 1.88 bits per heavy atom. The Morgan fingerprint density at radius 3 is 2.65 bits per heavy atom. The molecule has 3 aliphatic rings. The van der Waals surface area contributed by atoms with Gasteiger partial charge in [-0.05, 0) is 38.2 Å². The lowest BCUT2D eigenvalue weighted by molar-refractivity contribution is -0.953. The summed E-state index contributed by atoms with van der Waals surface area (Å²) in [6.45, 7) is 9.82. The fourth-order valence-corrected chi connectivity index (χ4v) is 6.64. The molecule has 2 saturated heterocycles. The highest BCUT2D eigenvalue weighted by Crippen LogP contribution is 2.60. The van der Waals surface area contributed by atoms with Gasteiger partial charge in [-0.25, -0.2) is 0 Å². The van der Waals surface area contributed by atoms with Crippen molar-refractivity contribution in [1.29, 1.82) is 0 Å². The SMILES string of the molecule is CCCCCC[N@+]12CC[C@@H]3CC[C@H]([C@@H](OCc4ccccc4)C1)[C@@]32C.[Br-]. The number of hydrogen-bond donors (Lipinski definition) is 0. The van der Waals surface area contributed by atoms with Crippen LogP contribution < -0.4 is 17.0 Å². The minimum absolute atomic E-state index is 0. The van der Waals surface area contributed by atoms with Crippen LogP contribution in [0.3, 0.4) is 0 Å². The van der Waals surface area contributed by atoms with Crippen LogP contribution in [0.15, 0.2) is 30.3 Å². The lowest BCUT2D eigenvalue weighted by Gasteiger charge is -2.44. The van der Waals surface area contributed by atoms with Gasteiger partial charge >= 0.3 is 0 Å². The third kappa shape index (κ3) is 3.29. The number of halogens is 1. The monoisotopic (exact) mass is 421 g/mol. The number of hydrogen-bond acceptors (Lipinski definition) is 1. The summed E-state index contributed by atoms with van der Waals surface area (Å²) in [6, 6.07) is 10.7. The van der Waals surface area contributed by atoms with E-state index >= 15 is 0 Å². The molecule has 1 aliphatic carbocycles. The molecule has 4 rings (SSSR count). The highest BCUT2D eigenvalue weighted by atomic mass is 79.9. The van der Waals surface area contributed by atoms with Gasteiger partial charge in [-0.1, -0.05) is 50.1 Å². The summed E-state index contributed by atoms with van der Waals surface area (Å²) in [4.78, 5) is 0. The molecule has 2 aliphatic heterocycles. The van der Waals surface area contributed by atoms with E-state index in [1.165, 1.54) is 74.6 Å². The molecule has 0 amide bonds. The van der Waals surface area contributed by atoms with Gasteiger partial charge in [0.05, 0.1) is 19.7 Å². The second-order valence-electron chi connectivity index (χ2n) is 9.07. The summed E-state index contributed by atoms with van der Waals surface area (Å²) in [5.74, 6) is 1.74. The second kappa shape index (κ2) is 8.32. The van der Waals surface area contributed by atoms with Crippen molar-refractivity contribution >= 4 is 0 Å². The van der Waals surface area contributed by atoms with Crippen LogP contribution in [0.25, 0.3) is 0 Å². The molecule has 146 valence electrons. The normalized spacial score (nSPS) is 37.5. The quantitative estimate of drug-likeness (QED) is 0.461. The highest BCUT2D eigenvalue weighted by Gasteiger charge is 2.70. The molecule has 2 heterocycles. The van der Waals surface area contributed by atoms with Crippen LogP contribution in [0.4, 0.5) is 0 Å². The first-order chi connectivity index (χ1) is 12.2. The fourth-order valence-electron chi connectivity index (χ4n) is 6.64. The first kappa shape index (κ1) is 20.4. The predicted molar refractivity (Wildman–Crippen MR) is 103 cm³/mol. The predicted octanol–water partition coefficient (Wildman–Crippen LogP) is 2.18. The van der Waals surface area contributed by atoms with E-state index in [0.29, 0.717) is 11.6 Å². The molecule has 2 nitrogen and oxygen atoms in total. The first-order valence-electron chi connectivity index (χ1n) is 10.7. The molecule has 0 unspecified atom stereocenters. The fraction of sp³-hybridized carbons (Fsp3) is 0.739. The van der Waals surface area contributed by atoms with Gasteiger partial charge in [0.2, 0.25) is 0 Å². The molecule has 0 aromatic heterocycles. The summed E-state index contributed by atoms with van der Waals surface area (Å²) in [6.07, 6.45) is 10.3. The van der Waals surface area contributed by atoms with Crippen molar-refractivity contribution < 1.29 is 26.2 Å². The van der Waals surface area contributed by atoms with Crippen LogP contribution in [0, 0.1) is 11.8 Å². The number of quaternary nitrogens is 1. The van der Waals surface area contributed by atoms with Gasteiger partial charge in [-0.2, -0.15) is 0 Å². The maximum atomic E-state index is 6.56. The Morgan fingerprint density at radius 1 is 1.08 bits per heavy atom. The van der Waals surface area contributed by atoms with E-state index in [-0.39, 0.29) is 17.0 Å². The molecule has 3 fully saturated rings. The van der Waals surface area contributed by atoms with Crippen molar-refractivity contribution in [3.8, 4) is 0 Å². The Balaban J connectivity index is 0.00000196. The number of rotatable bonds is 8. The highest BCUT2D eigenvalue weighted by molar-refractivity contribution is 5.14. The summed E-state index contributed by atoms with van der Waals surface area (Å²) < 4.78 is 7.94. The Bertz CT molecular complexity index is 579. The summed E-state index contributed by atoms with van der Waals surface area (Å²) in [7, 11) is 0. The molecule has 0 bridgehead atoms. The van der Waals surface area contributed by atoms with Crippen LogP contribution in [-0.2, 0) is 11.3 Å². The summed E-state index contributed by atoms with van der Waals surface area (Å²) in [5, 5.41) is 0. The largest absolute Gasteiger partial charge is 1.00 e. The zero-order valence-corrected chi connectivity index (χ0v) is 18.2. The van der Waals surface area contributed by atoms with Crippen LogP contribution in [0.1, 0.15) is 64.4 Å². The molecule has 1 aromatic rings. The van der Waals surface area contributed by atoms with E-state index in [1.54, 1.807) is 0 Å². The van der Waals surface area contributed by atoms with Crippen molar-refractivity contribution in [3.05, 3.63) is 35.9 Å². The molecular formula is C23H36BrNO. The van der Waals surface area contributed by atoms with E-state index in [1.807, 2.05) is 0 Å².